The molecule has 2 atom stereocenters. The number of nitrogens with zero attached hydrogens (tertiary/aromatic N) is 3. The predicted octanol–water partition coefficient (Wildman–Crippen LogP) is 2.14. The first-order chi connectivity index (χ1) is 7.72. The van der Waals surface area contributed by atoms with E-state index in [1.807, 2.05) is 13.1 Å². The van der Waals surface area contributed by atoms with E-state index in [9.17, 15) is 0 Å². The van der Waals surface area contributed by atoms with Gasteiger partial charge in [0, 0.05) is 25.7 Å². The summed E-state index contributed by atoms with van der Waals surface area (Å²) in [5, 5.41) is 3.05. The van der Waals surface area contributed by atoms with Gasteiger partial charge in [0.05, 0.1) is 0 Å². The molecule has 88 valence electrons. The third kappa shape index (κ3) is 2.10. The molecule has 2 rings (SSSR count). The van der Waals surface area contributed by atoms with Gasteiger partial charge in [-0.1, -0.05) is 6.92 Å². The van der Waals surface area contributed by atoms with Crippen molar-refractivity contribution in [2.45, 2.75) is 32.7 Å². The molecule has 1 fully saturated rings. The summed E-state index contributed by atoms with van der Waals surface area (Å²) >= 11 is 0. The topological polar surface area (TPSA) is 41.0 Å². The van der Waals surface area contributed by atoms with E-state index in [2.05, 4.69) is 34.0 Å². The fourth-order valence-electron chi connectivity index (χ4n) is 2.30. The van der Waals surface area contributed by atoms with Crippen LogP contribution in [0, 0.1) is 5.92 Å². The molecule has 0 saturated carbocycles. The highest BCUT2D eigenvalue weighted by Gasteiger charge is 2.25. The van der Waals surface area contributed by atoms with Gasteiger partial charge in [-0.2, -0.15) is 0 Å². The van der Waals surface area contributed by atoms with Crippen LogP contribution in [0.2, 0.25) is 0 Å². The Morgan fingerprint density at radius 2 is 2.19 bits per heavy atom. The SMILES string of the molecule is CNc1cc(N2CCCC(C)C2C)ncn1. The zero-order chi connectivity index (χ0) is 11.5. The number of piperidine rings is 1. The molecule has 1 aromatic heterocycles. The Bertz CT molecular complexity index is 353. The molecule has 2 heterocycles. The second-order valence-electron chi connectivity index (χ2n) is 4.56. The average molecular weight is 220 g/mol. The van der Waals surface area contributed by atoms with Crippen LogP contribution >= 0.6 is 0 Å². The Labute approximate surface area is 97.1 Å². The Balaban J connectivity index is 2.21. The first kappa shape index (κ1) is 11.2. The third-order valence-corrected chi connectivity index (χ3v) is 3.58. The molecule has 4 nitrogen and oxygen atoms in total. The minimum atomic E-state index is 0.563. The highest BCUT2D eigenvalue weighted by Crippen LogP contribution is 2.27. The summed E-state index contributed by atoms with van der Waals surface area (Å²) in [6, 6.07) is 2.59. The molecule has 1 aliphatic heterocycles. The summed E-state index contributed by atoms with van der Waals surface area (Å²) in [4.78, 5) is 10.9. The smallest absolute Gasteiger partial charge is 0.134 e. The molecule has 1 N–H and O–H groups in total. The van der Waals surface area contributed by atoms with Crippen molar-refractivity contribution >= 4 is 11.6 Å². The Hall–Kier alpha value is -1.32. The molecule has 4 heteroatoms. The zero-order valence-electron chi connectivity index (χ0n) is 10.3. The standard InChI is InChI=1S/C12H20N4/c1-9-5-4-6-16(10(9)2)12-7-11(13-3)14-8-15-12/h7-10H,4-6H2,1-3H3,(H,13,14,15). The fraction of sp³-hybridized carbons (Fsp3) is 0.667. The highest BCUT2D eigenvalue weighted by atomic mass is 15.2. The van der Waals surface area contributed by atoms with E-state index >= 15 is 0 Å². The van der Waals surface area contributed by atoms with Gasteiger partial charge in [0.15, 0.2) is 0 Å². The molecule has 1 aromatic rings. The van der Waals surface area contributed by atoms with E-state index in [1.54, 1.807) is 6.33 Å². The molecule has 0 bridgehead atoms. The minimum Gasteiger partial charge on any atom is -0.373 e. The molecule has 1 saturated heterocycles. The molecule has 0 amide bonds. The second kappa shape index (κ2) is 4.68. The number of anilines is 2. The van der Waals surface area contributed by atoms with Gasteiger partial charge in [-0.25, -0.2) is 9.97 Å². The molecular formula is C12H20N4. The van der Waals surface area contributed by atoms with Crippen molar-refractivity contribution in [3.8, 4) is 0 Å². The Morgan fingerprint density at radius 3 is 2.94 bits per heavy atom. The van der Waals surface area contributed by atoms with Crippen molar-refractivity contribution < 1.29 is 0 Å². The lowest BCUT2D eigenvalue weighted by Gasteiger charge is -2.38. The van der Waals surface area contributed by atoms with Crippen LogP contribution in [0.3, 0.4) is 0 Å². The van der Waals surface area contributed by atoms with Crippen LogP contribution in [0.25, 0.3) is 0 Å². The summed E-state index contributed by atoms with van der Waals surface area (Å²) in [6.07, 6.45) is 4.21. The fourth-order valence-corrected chi connectivity index (χ4v) is 2.30. The number of hydrogen-bond acceptors (Lipinski definition) is 4. The van der Waals surface area contributed by atoms with E-state index in [4.69, 9.17) is 0 Å². The maximum Gasteiger partial charge on any atom is 0.134 e. The van der Waals surface area contributed by atoms with Gasteiger partial charge in [-0.15, -0.1) is 0 Å². The van der Waals surface area contributed by atoms with E-state index in [0.29, 0.717) is 6.04 Å². The second-order valence-corrected chi connectivity index (χ2v) is 4.56. The van der Waals surface area contributed by atoms with E-state index in [0.717, 1.165) is 24.1 Å². The van der Waals surface area contributed by atoms with Crippen LogP contribution in [0.1, 0.15) is 26.7 Å². The van der Waals surface area contributed by atoms with Crippen molar-refractivity contribution in [1.29, 1.82) is 0 Å². The van der Waals surface area contributed by atoms with Crippen molar-refractivity contribution in [1.82, 2.24) is 9.97 Å². The van der Waals surface area contributed by atoms with Crippen LogP contribution in [-0.2, 0) is 0 Å². The van der Waals surface area contributed by atoms with Gasteiger partial charge in [0.2, 0.25) is 0 Å². The normalized spacial score (nSPS) is 25.6. The average Bonchev–Trinajstić information content (AvgIpc) is 2.33. The zero-order valence-corrected chi connectivity index (χ0v) is 10.3. The lowest BCUT2D eigenvalue weighted by atomic mass is 9.92. The monoisotopic (exact) mass is 220 g/mol. The first-order valence-electron chi connectivity index (χ1n) is 5.99. The highest BCUT2D eigenvalue weighted by molar-refractivity contribution is 5.49. The molecule has 16 heavy (non-hydrogen) atoms. The summed E-state index contributed by atoms with van der Waals surface area (Å²) < 4.78 is 0. The summed E-state index contributed by atoms with van der Waals surface area (Å²) in [5.74, 6) is 2.66. The van der Waals surface area contributed by atoms with Crippen molar-refractivity contribution in [2.75, 3.05) is 23.8 Å². The molecule has 1 aliphatic rings. The van der Waals surface area contributed by atoms with Crippen LogP contribution in [-0.4, -0.2) is 29.6 Å². The van der Waals surface area contributed by atoms with Crippen LogP contribution in [0.4, 0.5) is 11.6 Å². The van der Waals surface area contributed by atoms with E-state index in [-0.39, 0.29) is 0 Å². The Kier molecular flexibility index (Phi) is 3.27. The molecule has 0 aromatic carbocycles. The van der Waals surface area contributed by atoms with Gasteiger partial charge < -0.3 is 10.2 Å². The largest absolute Gasteiger partial charge is 0.373 e. The van der Waals surface area contributed by atoms with Crippen molar-refractivity contribution in [2.24, 2.45) is 5.92 Å². The van der Waals surface area contributed by atoms with E-state index in [1.165, 1.54) is 12.8 Å². The van der Waals surface area contributed by atoms with Crippen LogP contribution < -0.4 is 10.2 Å². The lowest BCUT2D eigenvalue weighted by Crippen LogP contribution is -2.42. The molecular weight excluding hydrogens is 200 g/mol. The minimum absolute atomic E-state index is 0.563. The first-order valence-corrected chi connectivity index (χ1v) is 5.99. The van der Waals surface area contributed by atoms with E-state index < -0.39 is 0 Å². The maximum absolute atomic E-state index is 4.37. The van der Waals surface area contributed by atoms with Gasteiger partial charge >= 0.3 is 0 Å². The summed E-state index contributed by atoms with van der Waals surface area (Å²) in [7, 11) is 1.88. The van der Waals surface area contributed by atoms with Crippen molar-refractivity contribution in [3.63, 3.8) is 0 Å². The quantitative estimate of drug-likeness (QED) is 0.829. The lowest BCUT2D eigenvalue weighted by molar-refractivity contribution is 0.361. The summed E-state index contributed by atoms with van der Waals surface area (Å²) in [6.45, 7) is 5.70. The van der Waals surface area contributed by atoms with Crippen LogP contribution in [0.5, 0.6) is 0 Å². The molecule has 0 spiro atoms. The number of rotatable bonds is 2. The van der Waals surface area contributed by atoms with Gasteiger partial charge in [-0.05, 0) is 25.7 Å². The van der Waals surface area contributed by atoms with Gasteiger partial charge in [0.25, 0.3) is 0 Å². The Morgan fingerprint density at radius 1 is 1.38 bits per heavy atom. The number of hydrogen-bond donors (Lipinski definition) is 1. The number of aromatic nitrogens is 2. The van der Waals surface area contributed by atoms with Crippen molar-refractivity contribution in [3.05, 3.63) is 12.4 Å². The predicted molar refractivity (Wildman–Crippen MR) is 66.8 cm³/mol. The molecule has 0 radical (unpaired) electrons. The van der Waals surface area contributed by atoms with Gasteiger partial charge in [-0.3, -0.25) is 0 Å². The van der Waals surface area contributed by atoms with Crippen LogP contribution in [0.15, 0.2) is 12.4 Å². The maximum atomic E-state index is 4.37. The molecule has 0 aliphatic carbocycles. The summed E-state index contributed by atoms with van der Waals surface area (Å²) in [5.41, 5.74) is 0. The molecule has 2 unspecified atom stereocenters. The number of nitrogens with one attached hydrogen (secondary N) is 1. The van der Waals surface area contributed by atoms with Gasteiger partial charge in [0.1, 0.15) is 18.0 Å². The third-order valence-electron chi connectivity index (χ3n) is 3.58.